The number of thiazole rings is 1. The van der Waals surface area contributed by atoms with Crippen molar-refractivity contribution >= 4 is 51.0 Å². The lowest BCUT2D eigenvalue weighted by molar-refractivity contribution is -0.141. The molecule has 0 spiro atoms. The third-order valence-electron chi connectivity index (χ3n) is 7.02. The second-order valence-corrected chi connectivity index (χ2v) is 11.6. The smallest absolute Gasteiger partial charge is 0.289 e. The highest BCUT2D eigenvalue weighted by Gasteiger charge is 2.32. The molecule has 0 aliphatic rings. The van der Waals surface area contributed by atoms with Crippen molar-refractivity contribution in [1.82, 2.24) is 26.3 Å². The topological polar surface area (TPSA) is 146 Å². The summed E-state index contributed by atoms with van der Waals surface area (Å²) in [7, 11) is 0. The molecular weight excluding hydrogens is 578 g/mol. The molecule has 3 unspecified atom stereocenters. The summed E-state index contributed by atoms with van der Waals surface area (Å²) in [6, 6.07) is 20.3. The average molecular weight is 614 g/mol. The number of fused-ring (bicyclic) bond motifs is 1. The van der Waals surface area contributed by atoms with Crippen LogP contribution in [0.25, 0.3) is 10.2 Å². The van der Waals surface area contributed by atoms with Crippen LogP contribution in [0.3, 0.4) is 0 Å². The van der Waals surface area contributed by atoms with E-state index in [9.17, 15) is 24.0 Å². The van der Waals surface area contributed by atoms with Gasteiger partial charge in [-0.05, 0) is 42.2 Å². The van der Waals surface area contributed by atoms with Gasteiger partial charge in [-0.2, -0.15) is 0 Å². The van der Waals surface area contributed by atoms with E-state index in [1.165, 1.54) is 18.3 Å². The Morgan fingerprint density at radius 1 is 0.773 bits per heavy atom. The van der Waals surface area contributed by atoms with E-state index in [0.29, 0.717) is 5.56 Å². The van der Waals surface area contributed by atoms with Crippen LogP contribution in [0, 0.1) is 5.92 Å². The van der Waals surface area contributed by atoms with Crippen molar-refractivity contribution < 1.29 is 24.0 Å². The van der Waals surface area contributed by atoms with Gasteiger partial charge in [0.2, 0.25) is 17.6 Å². The molecule has 228 valence electrons. The normalized spacial score (nSPS) is 13.0. The van der Waals surface area contributed by atoms with Crippen LogP contribution in [0.15, 0.2) is 84.4 Å². The van der Waals surface area contributed by atoms with Crippen molar-refractivity contribution in [2.24, 2.45) is 5.92 Å². The molecule has 0 aliphatic heterocycles. The third-order valence-corrected chi connectivity index (χ3v) is 7.81. The van der Waals surface area contributed by atoms with Crippen LogP contribution in [0.2, 0.25) is 0 Å². The average Bonchev–Trinajstić information content (AvgIpc) is 3.50. The lowest BCUT2D eigenvalue weighted by atomic mass is 9.98. The SMILES string of the molecule is CC(NC(=O)C(Cc1ccccc1)NC(=O)c1ccc2ncsc2c1)C(=O)NC(C(=O)C(=O)NCc1ccccc1)C(C)C. The predicted octanol–water partition coefficient (Wildman–Crippen LogP) is 3.17. The van der Waals surface area contributed by atoms with Crippen LogP contribution in [-0.4, -0.2) is 52.5 Å². The van der Waals surface area contributed by atoms with Crippen LogP contribution < -0.4 is 21.3 Å². The van der Waals surface area contributed by atoms with Crippen molar-refractivity contribution in [3.05, 3.63) is 101 Å². The van der Waals surface area contributed by atoms with E-state index in [0.717, 1.165) is 21.3 Å². The van der Waals surface area contributed by atoms with E-state index in [1.54, 1.807) is 37.6 Å². The number of carbonyl (C=O) groups excluding carboxylic acids is 5. The Bertz CT molecular complexity index is 1620. The standard InChI is InChI=1S/C33H35N5O5S/c1-20(2)28(29(39)33(43)34-18-23-12-8-5-9-13-23)38-30(40)21(3)36-32(42)26(16-22-10-6-4-7-11-22)37-31(41)24-14-15-25-27(17-24)44-19-35-25/h4-15,17,19-21,26,28H,16,18H2,1-3H3,(H,34,43)(H,36,42)(H,37,41)(H,38,40). The Balaban J connectivity index is 1.40. The Kier molecular flexibility index (Phi) is 10.9. The number of hydrogen-bond acceptors (Lipinski definition) is 7. The zero-order chi connectivity index (χ0) is 31.6. The fourth-order valence-corrected chi connectivity index (χ4v) is 5.21. The molecular formula is C33H35N5O5S. The van der Waals surface area contributed by atoms with Gasteiger partial charge in [-0.15, -0.1) is 11.3 Å². The molecule has 44 heavy (non-hydrogen) atoms. The first-order valence-electron chi connectivity index (χ1n) is 14.3. The van der Waals surface area contributed by atoms with Crippen molar-refractivity contribution in [2.45, 2.75) is 51.9 Å². The minimum Gasteiger partial charge on any atom is -0.345 e. The predicted molar refractivity (Wildman–Crippen MR) is 169 cm³/mol. The number of carbonyl (C=O) groups is 5. The van der Waals surface area contributed by atoms with E-state index in [4.69, 9.17) is 0 Å². The van der Waals surface area contributed by atoms with Crippen LogP contribution in [0.1, 0.15) is 42.3 Å². The molecule has 4 rings (SSSR count). The van der Waals surface area contributed by atoms with E-state index >= 15 is 0 Å². The molecule has 3 atom stereocenters. The minimum atomic E-state index is -1.10. The summed E-state index contributed by atoms with van der Waals surface area (Å²) in [5.41, 5.74) is 4.49. The highest BCUT2D eigenvalue weighted by molar-refractivity contribution is 7.16. The summed E-state index contributed by atoms with van der Waals surface area (Å²) in [5.74, 6) is -3.64. The quantitative estimate of drug-likeness (QED) is 0.171. The van der Waals surface area contributed by atoms with Gasteiger partial charge in [0.05, 0.1) is 21.8 Å². The van der Waals surface area contributed by atoms with E-state index in [1.807, 2.05) is 60.7 Å². The van der Waals surface area contributed by atoms with Gasteiger partial charge < -0.3 is 21.3 Å². The van der Waals surface area contributed by atoms with Crippen molar-refractivity contribution in [2.75, 3.05) is 0 Å². The summed E-state index contributed by atoms with van der Waals surface area (Å²) in [6.07, 6.45) is 0.185. The first-order chi connectivity index (χ1) is 21.1. The summed E-state index contributed by atoms with van der Waals surface area (Å²) in [5, 5.41) is 10.7. The summed E-state index contributed by atoms with van der Waals surface area (Å²) in [4.78, 5) is 69.5. The maximum atomic E-state index is 13.4. The number of ketones is 1. The molecule has 0 fully saturated rings. The van der Waals surface area contributed by atoms with Crippen LogP contribution in [0.5, 0.6) is 0 Å². The zero-order valence-electron chi connectivity index (χ0n) is 24.7. The molecule has 0 saturated carbocycles. The number of aromatic nitrogens is 1. The number of nitrogens with one attached hydrogen (secondary N) is 4. The maximum absolute atomic E-state index is 13.4. The monoisotopic (exact) mass is 613 g/mol. The number of hydrogen-bond donors (Lipinski definition) is 4. The minimum absolute atomic E-state index is 0.170. The second-order valence-electron chi connectivity index (χ2n) is 10.7. The fourth-order valence-electron chi connectivity index (χ4n) is 4.50. The molecule has 3 aromatic carbocycles. The van der Waals surface area contributed by atoms with E-state index in [2.05, 4.69) is 26.3 Å². The Morgan fingerprint density at radius 3 is 2.09 bits per heavy atom. The maximum Gasteiger partial charge on any atom is 0.289 e. The number of Topliss-reactive ketones (excluding diaryl/α,β-unsaturated/α-hetero) is 1. The first kappa shape index (κ1) is 32.0. The number of benzene rings is 3. The van der Waals surface area contributed by atoms with Crippen molar-refractivity contribution in [3.8, 4) is 0 Å². The summed E-state index contributed by atoms with van der Waals surface area (Å²) >= 11 is 1.41. The van der Waals surface area contributed by atoms with E-state index in [-0.39, 0.29) is 13.0 Å². The van der Waals surface area contributed by atoms with Gasteiger partial charge in [-0.3, -0.25) is 24.0 Å². The highest BCUT2D eigenvalue weighted by Crippen LogP contribution is 2.19. The van der Waals surface area contributed by atoms with Gasteiger partial charge in [-0.25, -0.2) is 4.98 Å². The van der Waals surface area contributed by atoms with Gasteiger partial charge in [0.25, 0.3) is 11.8 Å². The molecule has 0 saturated heterocycles. The van der Waals surface area contributed by atoms with Crippen molar-refractivity contribution in [1.29, 1.82) is 0 Å². The largest absolute Gasteiger partial charge is 0.345 e. The molecule has 4 aromatic rings. The third kappa shape index (κ3) is 8.57. The molecule has 0 bridgehead atoms. The van der Waals surface area contributed by atoms with Crippen LogP contribution in [0.4, 0.5) is 0 Å². The van der Waals surface area contributed by atoms with Gasteiger partial charge in [0.1, 0.15) is 12.1 Å². The molecule has 0 radical (unpaired) electrons. The molecule has 4 amide bonds. The summed E-state index contributed by atoms with van der Waals surface area (Å²) < 4.78 is 0.843. The van der Waals surface area contributed by atoms with E-state index < -0.39 is 53.5 Å². The van der Waals surface area contributed by atoms with Gasteiger partial charge in [-0.1, -0.05) is 74.5 Å². The molecule has 11 heteroatoms. The zero-order valence-corrected chi connectivity index (χ0v) is 25.5. The lowest BCUT2D eigenvalue weighted by Gasteiger charge is -2.25. The number of nitrogens with zero attached hydrogens (tertiary/aromatic N) is 1. The Morgan fingerprint density at radius 2 is 1.43 bits per heavy atom. The molecule has 1 heterocycles. The van der Waals surface area contributed by atoms with Crippen LogP contribution >= 0.6 is 11.3 Å². The Labute approximate surface area is 259 Å². The van der Waals surface area contributed by atoms with Crippen LogP contribution in [-0.2, 0) is 32.1 Å². The number of amides is 4. The highest BCUT2D eigenvalue weighted by atomic mass is 32.1. The molecule has 0 aliphatic carbocycles. The lowest BCUT2D eigenvalue weighted by Crippen LogP contribution is -2.57. The first-order valence-corrected chi connectivity index (χ1v) is 15.1. The fraction of sp³-hybridized carbons (Fsp3) is 0.273. The van der Waals surface area contributed by atoms with Gasteiger partial charge in [0, 0.05) is 18.5 Å². The second kappa shape index (κ2) is 15.0. The summed E-state index contributed by atoms with van der Waals surface area (Å²) in [6.45, 7) is 5.07. The Hall–Kier alpha value is -4.90. The molecule has 1 aromatic heterocycles. The van der Waals surface area contributed by atoms with Crippen molar-refractivity contribution in [3.63, 3.8) is 0 Å². The van der Waals surface area contributed by atoms with Gasteiger partial charge >= 0.3 is 0 Å². The number of rotatable bonds is 13. The van der Waals surface area contributed by atoms with Gasteiger partial charge in [0.15, 0.2) is 0 Å². The molecule has 4 N–H and O–H groups in total. The molecule has 10 nitrogen and oxygen atoms in total.